The molecule has 0 aliphatic carbocycles. The van der Waals surface area contributed by atoms with Gasteiger partial charge in [-0.1, -0.05) is 24.3 Å². The van der Waals surface area contributed by atoms with E-state index in [9.17, 15) is 9.59 Å². The molecule has 0 saturated heterocycles. The van der Waals surface area contributed by atoms with Crippen LogP contribution in [0.4, 0.5) is 0 Å². The molecule has 4 heteroatoms. The minimum atomic E-state index is -0.377. The van der Waals surface area contributed by atoms with Gasteiger partial charge in [-0.25, -0.2) is 0 Å². The van der Waals surface area contributed by atoms with Gasteiger partial charge >= 0.3 is 0 Å². The van der Waals surface area contributed by atoms with Crippen LogP contribution in [0.25, 0.3) is 0 Å². The van der Waals surface area contributed by atoms with Crippen molar-refractivity contribution in [3.63, 3.8) is 0 Å². The number of rotatable bonds is 2. The van der Waals surface area contributed by atoms with E-state index in [1.807, 2.05) is 24.3 Å². The summed E-state index contributed by atoms with van der Waals surface area (Å²) in [5, 5.41) is 0. The molecule has 0 aromatic heterocycles. The van der Waals surface area contributed by atoms with Crippen LogP contribution in [0.3, 0.4) is 0 Å². The van der Waals surface area contributed by atoms with Crippen LogP contribution < -0.4 is 5.73 Å². The molecule has 4 nitrogen and oxygen atoms in total. The van der Waals surface area contributed by atoms with Crippen LogP contribution in [-0.4, -0.2) is 23.3 Å². The number of amides is 2. The molecule has 1 atom stereocenters. The maximum Gasteiger partial charge on any atom is 0.219 e. The lowest BCUT2D eigenvalue weighted by molar-refractivity contribution is -0.132. The van der Waals surface area contributed by atoms with Gasteiger partial charge in [-0.2, -0.15) is 0 Å². The number of hydrogen-bond donors (Lipinski definition) is 1. The number of carbonyl (C=O) groups excluding carboxylic acids is 2. The van der Waals surface area contributed by atoms with Crippen molar-refractivity contribution in [1.82, 2.24) is 4.90 Å². The van der Waals surface area contributed by atoms with Gasteiger partial charge in [0.15, 0.2) is 0 Å². The highest BCUT2D eigenvalue weighted by atomic mass is 16.2. The van der Waals surface area contributed by atoms with Crippen LogP contribution in [0.1, 0.15) is 30.5 Å². The van der Waals surface area contributed by atoms with E-state index in [0.717, 1.165) is 12.0 Å². The Labute approximate surface area is 100 Å². The van der Waals surface area contributed by atoms with Crippen molar-refractivity contribution in [2.24, 2.45) is 5.73 Å². The fraction of sp³-hybridized carbons (Fsp3) is 0.385. The molecule has 2 amide bonds. The standard InChI is InChI=1S/C13H16N2O2/c1-9(16)15-7-6-10-4-2-3-5-11(10)12(15)8-13(14)17/h2-5,12H,6-8H2,1H3,(H2,14,17). The predicted octanol–water partition coefficient (Wildman–Crippen LogP) is 1.01. The number of primary amides is 1. The first-order chi connectivity index (χ1) is 8.09. The normalized spacial score (nSPS) is 18.6. The first-order valence-electron chi connectivity index (χ1n) is 5.73. The predicted molar refractivity (Wildman–Crippen MR) is 64.1 cm³/mol. The maximum absolute atomic E-state index is 11.6. The second-order valence-corrected chi connectivity index (χ2v) is 4.35. The average molecular weight is 232 g/mol. The van der Waals surface area contributed by atoms with Gasteiger partial charge in [0.2, 0.25) is 11.8 Å². The molecule has 0 saturated carbocycles. The fourth-order valence-corrected chi connectivity index (χ4v) is 2.44. The number of nitrogens with two attached hydrogens (primary N) is 1. The number of nitrogens with zero attached hydrogens (tertiary/aromatic N) is 1. The molecular weight excluding hydrogens is 216 g/mol. The summed E-state index contributed by atoms with van der Waals surface area (Å²) in [5.41, 5.74) is 7.52. The largest absolute Gasteiger partial charge is 0.370 e. The Morgan fingerprint density at radius 3 is 2.76 bits per heavy atom. The second kappa shape index (κ2) is 4.57. The molecule has 2 N–H and O–H groups in total. The molecule has 1 aromatic carbocycles. The molecule has 1 aliphatic heterocycles. The Bertz CT molecular complexity index is 456. The zero-order valence-electron chi connectivity index (χ0n) is 9.85. The quantitative estimate of drug-likeness (QED) is 0.827. The van der Waals surface area contributed by atoms with Gasteiger partial charge in [0.05, 0.1) is 12.5 Å². The summed E-state index contributed by atoms with van der Waals surface area (Å²) in [7, 11) is 0. The Morgan fingerprint density at radius 2 is 2.12 bits per heavy atom. The van der Waals surface area contributed by atoms with Gasteiger partial charge in [-0.15, -0.1) is 0 Å². The van der Waals surface area contributed by atoms with Gasteiger partial charge in [0, 0.05) is 13.5 Å². The highest BCUT2D eigenvalue weighted by Gasteiger charge is 2.29. The van der Waals surface area contributed by atoms with Crippen LogP contribution in [0.15, 0.2) is 24.3 Å². The number of fused-ring (bicyclic) bond motifs is 1. The smallest absolute Gasteiger partial charge is 0.219 e. The van der Waals surface area contributed by atoms with Crippen LogP contribution in [0, 0.1) is 0 Å². The number of benzene rings is 1. The Hall–Kier alpha value is -1.84. The first-order valence-corrected chi connectivity index (χ1v) is 5.73. The third kappa shape index (κ3) is 2.30. The lowest BCUT2D eigenvalue weighted by Gasteiger charge is -2.36. The summed E-state index contributed by atoms with van der Waals surface area (Å²) < 4.78 is 0. The van der Waals surface area contributed by atoms with E-state index in [4.69, 9.17) is 5.73 Å². The zero-order valence-corrected chi connectivity index (χ0v) is 9.85. The van der Waals surface area contributed by atoms with E-state index in [0.29, 0.717) is 6.54 Å². The second-order valence-electron chi connectivity index (χ2n) is 4.35. The molecule has 0 fully saturated rings. The van der Waals surface area contributed by atoms with E-state index in [1.54, 1.807) is 4.90 Å². The molecule has 1 aliphatic rings. The summed E-state index contributed by atoms with van der Waals surface area (Å²) in [4.78, 5) is 24.4. The Kier molecular flexibility index (Phi) is 3.13. The van der Waals surface area contributed by atoms with Crippen molar-refractivity contribution < 1.29 is 9.59 Å². The van der Waals surface area contributed by atoms with Crippen LogP contribution >= 0.6 is 0 Å². The van der Waals surface area contributed by atoms with Crippen molar-refractivity contribution >= 4 is 11.8 Å². The van der Waals surface area contributed by atoms with E-state index < -0.39 is 0 Å². The van der Waals surface area contributed by atoms with Gasteiger partial charge in [0.25, 0.3) is 0 Å². The lowest BCUT2D eigenvalue weighted by Crippen LogP contribution is -2.40. The molecule has 1 aromatic rings. The molecule has 0 bridgehead atoms. The van der Waals surface area contributed by atoms with Crippen LogP contribution in [-0.2, 0) is 16.0 Å². The van der Waals surface area contributed by atoms with E-state index in [1.165, 1.54) is 12.5 Å². The highest BCUT2D eigenvalue weighted by molar-refractivity contribution is 5.78. The molecule has 1 heterocycles. The summed E-state index contributed by atoms with van der Waals surface area (Å²) in [6, 6.07) is 7.72. The van der Waals surface area contributed by atoms with Gasteiger partial charge < -0.3 is 10.6 Å². The minimum Gasteiger partial charge on any atom is -0.370 e. The summed E-state index contributed by atoms with van der Waals surface area (Å²) in [5.74, 6) is -0.385. The fourth-order valence-electron chi connectivity index (χ4n) is 2.44. The third-order valence-electron chi connectivity index (χ3n) is 3.21. The summed E-state index contributed by atoms with van der Waals surface area (Å²) in [6.07, 6.45) is 1.03. The molecule has 17 heavy (non-hydrogen) atoms. The first kappa shape index (κ1) is 11.6. The molecule has 90 valence electrons. The van der Waals surface area contributed by atoms with Crippen molar-refractivity contribution in [3.05, 3.63) is 35.4 Å². The zero-order chi connectivity index (χ0) is 12.4. The minimum absolute atomic E-state index is 0.00856. The van der Waals surface area contributed by atoms with Crippen LogP contribution in [0.2, 0.25) is 0 Å². The molecular formula is C13H16N2O2. The average Bonchev–Trinajstić information content (AvgIpc) is 2.28. The Balaban J connectivity index is 2.38. The maximum atomic E-state index is 11.6. The lowest BCUT2D eigenvalue weighted by atomic mass is 9.90. The van der Waals surface area contributed by atoms with E-state index in [-0.39, 0.29) is 24.3 Å². The van der Waals surface area contributed by atoms with Gasteiger partial charge in [-0.3, -0.25) is 9.59 Å². The summed E-state index contributed by atoms with van der Waals surface area (Å²) >= 11 is 0. The molecule has 0 radical (unpaired) electrons. The topological polar surface area (TPSA) is 63.4 Å². The van der Waals surface area contributed by atoms with E-state index in [2.05, 4.69) is 0 Å². The van der Waals surface area contributed by atoms with Gasteiger partial charge in [-0.05, 0) is 17.5 Å². The van der Waals surface area contributed by atoms with Crippen molar-refractivity contribution in [1.29, 1.82) is 0 Å². The molecule has 2 rings (SSSR count). The molecule has 0 spiro atoms. The number of carbonyl (C=O) groups is 2. The monoisotopic (exact) mass is 232 g/mol. The number of hydrogen-bond acceptors (Lipinski definition) is 2. The SMILES string of the molecule is CC(=O)N1CCc2ccccc2C1CC(N)=O. The van der Waals surface area contributed by atoms with Gasteiger partial charge in [0.1, 0.15) is 0 Å². The van der Waals surface area contributed by atoms with Crippen molar-refractivity contribution in [2.45, 2.75) is 25.8 Å². The third-order valence-corrected chi connectivity index (χ3v) is 3.21. The van der Waals surface area contributed by atoms with Crippen molar-refractivity contribution in [2.75, 3.05) is 6.54 Å². The summed E-state index contributed by atoms with van der Waals surface area (Å²) in [6.45, 7) is 2.19. The molecule has 1 unspecified atom stereocenters. The highest BCUT2D eigenvalue weighted by Crippen LogP contribution is 2.31. The van der Waals surface area contributed by atoms with Crippen LogP contribution in [0.5, 0.6) is 0 Å². The van der Waals surface area contributed by atoms with E-state index >= 15 is 0 Å². The Morgan fingerprint density at radius 1 is 1.41 bits per heavy atom. The van der Waals surface area contributed by atoms with Crippen molar-refractivity contribution in [3.8, 4) is 0 Å².